The van der Waals surface area contributed by atoms with Gasteiger partial charge < -0.3 is 9.36 Å². The standard InChI is InChI=1S/C17H19N3O2/c1-11(2)13-10-14(21-19-13)15-18-16(20-22-15)17(8-9-17)12-6-4-3-5-7-12/h3-7,11,14H,8-10H2,1-2H3. The van der Waals surface area contributed by atoms with Gasteiger partial charge in [0.2, 0.25) is 6.10 Å². The molecule has 22 heavy (non-hydrogen) atoms. The molecule has 1 unspecified atom stereocenters. The SMILES string of the molecule is CC(C)C1=NOC(c2nc(C3(c4ccccc4)CC3)no2)C1. The van der Waals surface area contributed by atoms with Gasteiger partial charge in [0.05, 0.1) is 11.1 Å². The van der Waals surface area contributed by atoms with Crippen LogP contribution in [0.25, 0.3) is 0 Å². The van der Waals surface area contributed by atoms with Crippen LogP contribution in [0, 0.1) is 5.92 Å². The van der Waals surface area contributed by atoms with Crippen LogP contribution in [-0.4, -0.2) is 15.9 Å². The van der Waals surface area contributed by atoms with E-state index in [9.17, 15) is 0 Å². The summed E-state index contributed by atoms with van der Waals surface area (Å²) in [6, 6.07) is 10.4. The predicted octanol–water partition coefficient (Wildman–Crippen LogP) is 3.62. The lowest BCUT2D eigenvalue weighted by atomic mass is 9.95. The van der Waals surface area contributed by atoms with Gasteiger partial charge in [-0.25, -0.2) is 0 Å². The molecular formula is C17H19N3O2. The summed E-state index contributed by atoms with van der Waals surface area (Å²) in [7, 11) is 0. The number of hydrogen-bond acceptors (Lipinski definition) is 5. The van der Waals surface area contributed by atoms with Crippen LogP contribution in [0.15, 0.2) is 40.0 Å². The van der Waals surface area contributed by atoms with Gasteiger partial charge in [-0.15, -0.1) is 0 Å². The largest absolute Gasteiger partial charge is 0.382 e. The molecule has 0 saturated heterocycles. The van der Waals surface area contributed by atoms with Gasteiger partial charge in [0.15, 0.2) is 5.82 Å². The van der Waals surface area contributed by atoms with Crippen molar-refractivity contribution in [3.8, 4) is 0 Å². The second kappa shape index (κ2) is 4.93. The average molecular weight is 297 g/mol. The smallest absolute Gasteiger partial charge is 0.270 e. The van der Waals surface area contributed by atoms with Crippen LogP contribution in [0.4, 0.5) is 0 Å². The molecule has 1 saturated carbocycles. The van der Waals surface area contributed by atoms with Crippen molar-refractivity contribution < 1.29 is 9.36 Å². The summed E-state index contributed by atoms with van der Waals surface area (Å²) < 4.78 is 5.47. The number of oxime groups is 1. The molecular weight excluding hydrogens is 278 g/mol. The van der Waals surface area contributed by atoms with Crippen molar-refractivity contribution in [2.24, 2.45) is 11.1 Å². The van der Waals surface area contributed by atoms with E-state index in [-0.39, 0.29) is 11.5 Å². The molecule has 5 nitrogen and oxygen atoms in total. The van der Waals surface area contributed by atoms with Gasteiger partial charge in [0, 0.05) is 6.42 Å². The van der Waals surface area contributed by atoms with Crippen LogP contribution in [0.5, 0.6) is 0 Å². The summed E-state index contributed by atoms with van der Waals surface area (Å²) >= 11 is 0. The van der Waals surface area contributed by atoms with E-state index in [1.807, 2.05) is 6.07 Å². The Morgan fingerprint density at radius 2 is 1.95 bits per heavy atom. The molecule has 2 aromatic rings. The van der Waals surface area contributed by atoms with Gasteiger partial charge in [-0.1, -0.05) is 54.5 Å². The maximum atomic E-state index is 5.47. The fraction of sp³-hybridized carbons (Fsp3) is 0.471. The molecule has 1 aromatic heterocycles. The predicted molar refractivity (Wildman–Crippen MR) is 81.5 cm³/mol. The first-order valence-electron chi connectivity index (χ1n) is 7.81. The van der Waals surface area contributed by atoms with Crippen molar-refractivity contribution >= 4 is 5.71 Å². The Morgan fingerprint density at radius 3 is 2.59 bits per heavy atom. The van der Waals surface area contributed by atoms with E-state index in [2.05, 4.69) is 53.4 Å². The molecule has 2 heterocycles. The van der Waals surface area contributed by atoms with E-state index in [0.29, 0.717) is 11.8 Å². The van der Waals surface area contributed by atoms with Crippen LogP contribution < -0.4 is 0 Å². The minimum absolute atomic E-state index is 0.0661. The molecule has 0 N–H and O–H groups in total. The molecule has 5 heteroatoms. The average Bonchev–Trinajstić information content (AvgIpc) is 2.99. The highest BCUT2D eigenvalue weighted by molar-refractivity contribution is 5.87. The fourth-order valence-electron chi connectivity index (χ4n) is 2.95. The summed E-state index contributed by atoms with van der Waals surface area (Å²) in [5.41, 5.74) is 2.24. The van der Waals surface area contributed by atoms with Crippen LogP contribution >= 0.6 is 0 Å². The first-order chi connectivity index (χ1) is 10.7. The summed E-state index contributed by atoms with van der Waals surface area (Å²) in [5, 5.41) is 8.35. The molecule has 0 amide bonds. The van der Waals surface area contributed by atoms with E-state index < -0.39 is 0 Å². The van der Waals surface area contributed by atoms with Gasteiger partial charge in [0.1, 0.15) is 0 Å². The van der Waals surface area contributed by atoms with Crippen molar-refractivity contribution in [3.05, 3.63) is 47.6 Å². The molecule has 114 valence electrons. The molecule has 0 radical (unpaired) electrons. The minimum atomic E-state index is -0.231. The summed E-state index contributed by atoms with van der Waals surface area (Å²) in [4.78, 5) is 10.1. The lowest BCUT2D eigenvalue weighted by molar-refractivity contribution is 0.0599. The van der Waals surface area contributed by atoms with Gasteiger partial charge in [0.25, 0.3) is 5.89 Å². The maximum Gasteiger partial charge on any atom is 0.270 e. The Bertz CT molecular complexity index is 702. The normalized spacial score (nSPS) is 22.5. The molecule has 1 fully saturated rings. The highest BCUT2D eigenvalue weighted by Crippen LogP contribution is 2.52. The second-order valence-corrected chi connectivity index (χ2v) is 6.44. The Balaban J connectivity index is 1.56. The Hall–Kier alpha value is -2.17. The summed E-state index contributed by atoms with van der Waals surface area (Å²) in [5.74, 6) is 1.69. The number of nitrogens with zero attached hydrogens (tertiary/aromatic N) is 3. The molecule has 1 aliphatic carbocycles. The maximum absolute atomic E-state index is 5.47. The monoisotopic (exact) mass is 297 g/mol. The minimum Gasteiger partial charge on any atom is -0.382 e. The quantitative estimate of drug-likeness (QED) is 0.864. The van der Waals surface area contributed by atoms with Gasteiger partial charge >= 0.3 is 0 Å². The number of rotatable bonds is 4. The van der Waals surface area contributed by atoms with Crippen LogP contribution in [0.1, 0.15) is 56.5 Å². The third-order valence-electron chi connectivity index (χ3n) is 4.58. The highest BCUT2D eigenvalue weighted by atomic mass is 16.7. The lowest BCUT2D eigenvalue weighted by Gasteiger charge is -2.10. The molecule has 1 atom stereocenters. The third-order valence-corrected chi connectivity index (χ3v) is 4.58. The number of hydrogen-bond donors (Lipinski definition) is 0. The summed E-state index contributed by atoms with van der Waals surface area (Å²) in [6.07, 6.45) is 2.63. The molecule has 4 rings (SSSR count). The van der Waals surface area contributed by atoms with Gasteiger partial charge in [-0.3, -0.25) is 0 Å². The van der Waals surface area contributed by atoms with Crippen LogP contribution in [-0.2, 0) is 10.3 Å². The zero-order chi connectivity index (χ0) is 15.2. The van der Waals surface area contributed by atoms with Crippen molar-refractivity contribution in [2.45, 2.75) is 44.6 Å². The zero-order valence-corrected chi connectivity index (χ0v) is 12.8. The number of benzene rings is 1. The Labute approximate surface area is 129 Å². The summed E-state index contributed by atoms with van der Waals surface area (Å²) in [6.45, 7) is 4.22. The first-order valence-corrected chi connectivity index (χ1v) is 7.81. The van der Waals surface area contributed by atoms with Gasteiger partial charge in [-0.2, -0.15) is 4.98 Å². The zero-order valence-electron chi connectivity index (χ0n) is 12.8. The topological polar surface area (TPSA) is 60.5 Å². The fourth-order valence-corrected chi connectivity index (χ4v) is 2.95. The van der Waals surface area contributed by atoms with E-state index in [1.165, 1.54) is 5.56 Å². The molecule has 0 spiro atoms. The van der Waals surface area contributed by atoms with Crippen molar-refractivity contribution in [3.63, 3.8) is 0 Å². The highest BCUT2D eigenvalue weighted by Gasteiger charge is 2.50. The second-order valence-electron chi connectivity index (χ2n) is 6.44. The third kappa shape index (κ3) is 2.12. The number of aromatic nitrogens is 2. The van der Waals surface area contributed by atoms with Crippen molar-refractivity contribution in [2.75, 3.05) is 0 Å². The van der Waals surface area contributed by atoms with Crippen molar-refractivity contribution in [1.29, 1.82) is 0 Å². The first kappa shape index (κ1) is 13.5. The van der Waals surface area contributed by atoms with E-state index in [4.69, 9.17) is 9.36 Å². The van der Waals surface area contributed by atoms with E-state index in [1.54, 1.807) is 0 Å². The van der Waals surface area contributed by atoms with Crippen LogP contribution in [0.3, 0.4) is 0 Å². The van der Waals surface area contributed by atoms with Crippen molar-refractivity contribution in [1.82, 2.24) is 10.1 Å². The Kier molecular flexibility index (Phi) is 3.03. The molecule has 1 aromatic carbocycles. The Morgan fingerprint density at radius 1 is 1.18 bits per heavy atom. The molecule has 2 aliphatic rings. The molecule has 1 aliphatic heterocycles. The van der Waals surface area contributed by atoms with E-state index >= 15 is 0 Å². The lowest BCUT2D eigenvalue weighted by Crippen LogP contribution is -2.11. The van der Waals surface area contributed by atoms with E-state index in [0.717, 1.165) is 30.8 Å². The van der Waals surface area contributed by atoms with Gasteiger partial charge in [-0.05, 0) is 24.3 Å². The van der Waals surface area contributed by atoms with Crippen LogP contribution in [0.2, 0.25) is 0 Å². The molecule has 0 bridgehead atoms.